The van der Waals surface area contributed by atoms with E-state index in [1.54, 1.807) is 0 Å². The molecule has 1 heterocycles. The second-order valence-corrected chi connectivity index (χ2v) is 3.63. The summed E-state index contributed by atoms with van der Waals surface area (Å²) in [6.07, 6.45) is 3.52. The standard InChI is InChI=1S/C10H20N2O3/c11-4-6-14-8-10(13)12-7-9-3-1-2-5-15-9/h9H,1-8,11H2,(H,12,13). The lowest BCUT2D eigenvalue weighted by Crippen LogP contribution is -2.37. The molecule has 1 amide bonds. The number of ether oxygens (including phenoxy) is 2. The Balaban J connectivity index is 2.00. The summed E-state index contributed by atoms with van der Waals surface area (Å²) in [5.74, 6) is -0.0994. The number of nitrogens with two attached hydrogens (primary N) is 1. The van der Waals surface area contributed by atoms with Crippen LogP contribution in [0, 0.1) is 0 Å². The molecule has 1 fully saturated rings. The van der Waals surface area contributed by atoms with Crippen molar-refractivity contribution in [1.82, 2.24) is 5.32 Å². The zero-order chi connectivity index (χ0) is 10.9. The minimum absolute atomic E-state index is 0.0872. The van der Waals surface area contributed by atoms with Crippen LogP contribution in [-0.4, -0.2) is 44.9 Å². The third kappa shape index (κ3) is 5.71. The zero-order valence-corrected chi connectivity index (χ0v) is 9.04. The summed E-state index contributed by atoms with van der Waals surface area (Å²) in [5.41, 5.74) is 5.23. The van der Waals surface area contributed by atoms with Gasteiger partial charge in [0.15, 0.2) is 0 Å². The molecule has 1 atom stereocenters. The lowest BCUT2D eigenvalue weighted by atomic mass is 10.1. The first-order chi connectivity index (χ1) is 7.33. The second-order valence-electron chi connectivity index (χ2n) is 3.63. The van der Waals surface area contributed by atoms with E-state index in [4.69, 9.17) is 15.2 Å². The Bertz CT molecular complexity index is 182. The van der Waals surface area contributed by atoms with Gasteiger partial charge in [-0.1, -0.05) is 0 Å². The molecule has 88 valence electrons. The minimum atomic E-state index is -0.0994. The van der Waals surface area contributed by atoms with Gasteiger partial charge in [0.05, 0.1) is 12.7 Å². The van der Waals surface area contributed by atoms with E-state index in [1.807, 2.05) is 0 Å². The molecule has 3 N–H and O–H groups in total. The Morgan fingerprint density at radius 1 is 1.53 bits per heavy atom. The van der Waals surface area contributed by atoms with Crippen molar-refractivity contribution in [3.8, 4) is 0 Å². The summed E-state index contributed by atoms with van der Waals surface area (Å²) >= 11 is 0. The smallest absolute Gasteiger partial charge is 0.246 e. The van der Waals surface area contributed by atoms with Gasteiger partial charge in [-0.25, -0.2) is 0 Å². The fourth-order valence-electron chi connectivity index (χ4n) is 1.50. The molecular formula is C10H20N2O3. The van der Waals surface area contributed by atoms with Gasteiger partial charge in [0.25, 0.3) is 0 Å². The molecule has 0 aliphatic carbocycles. The average Bonchev–Trinajstić information content (AvgIpc) is 2.28. The van der Waals surface area contributed by atoms with Crippen molar-refractivity contribution >= 4 is 5.91 Å². The predicted octanol–water partition coefficient (Wildman–Crippen LogP) is -0.353. The van der Waals surface area contributed by atoms with Gasteiger partial charge in [-0.3, -0.25) is 4.79 Å². The van der Waals surface area contributed by atoms with Crippen LogP contribution in [0.2, 0.25) is 0 Å². The van der Waals surface area contributed by atoms with E-state index in [0.717, 1.165) is 19.4 Å². The molecule has 1 saturated heterocycles. The highest BCUT2D eigenvalue weighted by Crippen LogP contribution is 2.11. The maximum Gasteiger partial charge on any atom is 0.246 e. The van der Waals surface area contributed by atoms with E-state index in [9.17, 15) is 4.79 Å². The van der Waals surface area contributed by atoms with E-state index in [-0.39, 0.29) is 18.6 Å². The fourth-order valence-corrected chi connectivity index (χ4v) is 1.50. The summed E-state index contributed by atoms with van der Waals surface area (Å²) in [7, 11) is 0. The second kappa shape index (κ2) is 7.62. The number of carbonyl (C=O) groups excluding carboxylic acids is 1. The van der Waals surface area contributed by atoms with Crippen molar-refractivity contribution < 1.29 is 14.3 Å². The Labute approximate surface area is 90.3 Å². The molecule has 0 bridgehead atoms. The van der Waals surface area contributed by atoms with Crippen molar-refractivity contribution in [3.05, 3.63) is 0 Å². The summed E-state index contributed by atoms with van der Waals surface area (Å²) in [4.78, 5) is 11.2. The molecule has 1 unspecified atom stereocenters. The van der Waals surface area contributed by atoms with Crippen LogP contribution in [-0.2, 0) is 14.3 Å². The van der Waals surface area contributed by atoms with Gasteiger partial charge >= 0.3 is 0 Å². The zero-order valence-electron chi connectivity index (χ0n) is 9.04. The van der Waals surface area contributed by atoms with Crippen molar-refractivity contribution in [1.29, 1.82) is 0 Å². The monoisotopic (exact) mass is 216 g/mol. The molecule has 5 nitrogen and oxygen atoms in total. The van der Waals surface area contributed by atoms with Crippen molar-refractivity contribution in [2.75, 3.05) is 32.9 Å². The van der Waals surface area contributed by atoms with Crippen molar-refractivity contribution in [2.45, 2.75) is 25.4 Å². The summed E-state index contributed by atoms with van der Waals surface area (Å²) < 4.78 is 10.5. The van der Waals surface area contributed by atoms with E-state index in [0.29, 0.717) is 19.7 Å². The SMILES string of the molecule is NCCOCC(=O)NCC1CCCCO1. The van der Waals surface area contributed by atoms with Crippen LogP contribution in [0.5, 0.6) is 0 Å². The first-order valence-electron chi connectivity index (χ1n) is 5.49. The van der Waals surface area contributed by atoms with Gasteiger partial charge in [0, 0.05) is 19.7 Å². The van der Waals surface area contributed by atoms with Gasteiger partial charge in [-0.2, -0.15) is 0 Å². The van der Waals surface area contributed by atoms with Gasteiger partial charge in [-0.15, -0.1) is 0 Å². The molecule has 1 aliphatic rings. The molecule has 0 radical (unpaired) electrons. The topological polar surface area (TPSA) is 73.6 Å². The van der Waals surface area contributed by atoms with Gasteiger partial charge in [-0.05, 0) is 19.3 Å². The van der Waals surface area contributed by atoms with Gasteiger partial charge in [0.2, 0.25) is 5.91 Å². The van der Waals surface area contributed by atoms with Crippen LogP contribution in [0.3, 0.4) is 0 Å². The Hall–Kier alpha value is -0.650. The normalized spacial score (nSPS) is 21.3. The third-order valence-electron chi connectivity index (χ3n) is 2.30. The minimum Gasteiger partial charge on any atom is -0.376 e. The van der Waals surface area contributed by atoms with Crippen LogP contribution in [0.1, 0.15) is 19.3 Å². The van der Waals surface area contributed by atoms with Crippen LogP contribution < -0.4 is 11.1 Å². The number of hydrogen-bond donors (Lipinski definition) is 2. The Morgan fingerprint density at radius 3 is 3.07 bits per heavy atom. The van der Waals surface area contributed by atoms with E-state index in [2.05, 4.69) is 5.32 Å². The van der Waals surface area contributed by atoms with E-state index < -0.39 is 0 Å². The lowest BCUT2D eigenvalue weighted by Gasteiger charge is -2.22. The molecular weight excluding hydrogens is 196 g/mol. The highest BCUT2D eigenvalue weighted by atomic mass is 16.5. The summed E-state index contributed by atoms with van der Waals surface area (Å²) in [5, 5.41) is 2.78. The van der Waals surface area contributed by atoms with Gasteiger partial charge in [0.1, 0.15) is 6.61 Å². The molecule has 1 aliphatic heterocycles. The van der Waals surface area contributed by atoms with Crippen molar-refractivity contribution in [3.63, 3.8) is 0 Å². The third-order valence-corrected chi connectivity index (χ3v) is 2.30. The number of amides is 1. The largest absolute Gasteiger partial charge is 0.376 e. The molecule has 0 aromatic heterocycles. The average molecular weight is 216 g/mol. The van der Waals surface area contributed by atoms with E-state index in [1.165, 1.54) is 6.42 Å². The van der Waals surface area contributed by atoms with E-state index >= 15 is 0 Å². The molecule has 0 spiro atoms. The number of rotatable bonds is 6. The number of carbonyl (C=O) groups is 1. The number of nitrogens with one attached hydrogen (secondary N) is 1. The van der Waals surface area contributed by atoms with Crippen LogP contribution in [0.15, 0.2) is 0 Å². The van der Waals surface area contributed by atoms with Crippen LogP contribution >= 0.6 is 0 Å². The van der Waals surface area contributed by atoms with Crippen molar-refractivity contribution in [2.24, 2.45) is 5.73 Å². The summed E-state index contributed by atoms with van der Waals surface area (Å²) in [6, 6.07) is 0. The van der Waals surface area contributed by atoms with Crippen LogP contribution in [0.4, 0.5) is 0 Å². The fraction of sp³-hybridized carbons (Fsp3) is 0.900. The predicted molar refractivity (Wildman–Crippen MR) is 56.5 cm³/mol. The first kappa shape index (κ1) is 12.4. The summed E-state index contributed by atoms with van der Waals surface area (Å²) in [6.45, 7) is 2.35. The Kier molecular flexibility index (Phi) is 6.31. The molecule has 0 aromatic carbocycles. The number of hydrogen-bond acceptors (Lipinski definition) is 4. The maximum absolute atomic E-state index is 11.2. The lowest BCUT2D eigenvalue weighted by molar-refractivity contribution is -0.126. The highest BCUT2D eigenvalue weighted by molar-refractivity contribution is 5.77. The quantitative estimate of drug-likeness (QED) is 0.595. The van der Waals surface area contributed by atoms with Crippen LogP contribution in [0.25, 0.3) is 0 Å². The molecule has 0 aromatic rings. The molecule has 15 heavy (non-hydrogen) atoms. The molecule has 1 rings (SSSR count). The van der Waals surface area contributed by atoms with Gasteiger partial charge < -0.3 is 20.5 Å². The Morgan fingerprint density at radius 2 is 2.40 bits per heavy atom. The maximum atomic E-state index is 11.2. The molecule has 5 heteroatoms. The molecule has 0 saturated carbocycles. The highest BCUT2D eigenvalue weighted by Gasteiger charge is 2.14. The first-order valence-corrected chi connectivity index (χ1v) is 5.49.